The van der Waals surface area contributed by atoms with E-state index in [1.807, 2.05) is 56.1 Å². The maximum atomic E-state index is 13.2. The third kappa shape index (κ3) is 7.16. The molecule has 4 rings (SSSR count). The Morgan fingerprint density at radius 1 is 1.15 bits per heavy atom. The van der Waals surface area contributed by atoms with Crippen LogP contribution in [0.3, 0.4) is 0 Å². The van der Waals surface area contributed by atoms with Gasteiger partial charge in [-0.1, -0.05) is 20.8 Å². The molecule has 0 saturated heterocycles. The van der Waals surface area contributed by atoms with Crippen LogP contribution in [0.25, 0.3) is 17.1 Å². The van der Waals surface area contributed by atoms with Crippen LogP contribution < -0.4 is 14.8 Å². The Balaban J connectivity index is 0.000000559. The Bertz CT molecular complexity index is 1380. The number of hydrogen-bond acceptors (Lipinski definition) is 5. The zero-order valence-corrected chi connectivity index (χ0v) is 23.6. The van der Waals surface area contributed by atoms with Gasteiger partial charge in [0.1, 0.15) is 11.5 Å². The van der Waals surface area contributed by atoms with Crippen molar-refractivity contribution in [3.8, 4) is 28.6 Å². The van der Waals surface area contributed by atoms with Gasteiger partial charge in [-0.25, -0.2) is 9.78 Å². The van der Waals surface area contributed by atoms with Crippen molar-refractivity contribution in [2.75, 3.05) is 13.7 Å². The molecule has 0 aliphatic carbocycles. The molecular formula is C28H35F3N4O5. The monoisotopic (exact) mass is 564 g/mol. The molecular weight excluding hydrogens is 529 g/mol. The van der Waals surface area contributed by atoms with Gasteiger partial charge in [-0.3, -0.25) is 9.36 Å². The van der Waals surface area contributed by atoms with Crippen LogP contribution in [0.4, 0.5) is 13.2 Å². The minimum absolute atomic E-state index is 0.00938. The van der Waals surface area contributed by atoms with Crippen molar-refractivity contribution in [2.45, 2.75) is 59.7 Å². The maximum Gasteiger partial charge on any atom is 0.490 e. The molecule has 0 unspecified atom stereocenters. The van der Waals surface area contributed by atoms with E-state index in [-0.39, 0.29) is 17.4 Å². The number of carbonyl (C=O) groups is 2. The molecule has 40 heavy (non-hydrogen) atoms. The van der Waals surface area contributed by atoms with Gasteiger partial charge in [0.2, 0.25) is 0 Å². The van der Waals surface area contributed by atoms with Crippen molar-refractivity contribution in [3.63, 3.8) is 0 Å². The zero-order valence-electron chi connectivity index (χ0n) is 23.6. The van der Waals surface area contributed by atoms with Gasteiger partial charge in [0.25, 0.3) is 5.91 Å². The van der Waals surface area contributed by atoms with E-state index in [1.54, 1.807) is 7.11 Å². The van der Waals surface area contributed by atoms with Gasteiger partial charge in [-0.2, -0.15) is 13.2 Å². The van der Waals surface area contributed by atoms with Gasteiger partial charge in [0.05, 0.1) is 24.6 Å². The summed E-state index contributed by atoms with van der Waals surface area (Å²) < 4.78 is 47.5. The first kappa shape index (κ1) is 30.6. The summed E-state index contributed by atoms with van der Waals surface area (Å²) >= 11 is 0. The molecule has 0 bridgehead atoms. The second kappa shape index (κ2) is 11.6. The van der Waals surface area contributed by atoms with E-state index in [4.69, 9.17) is 24.4 Å². The molecule has 2 N–H and O–H groups in total. The van der Waals surface area contributed by atoms with Gasteiger partial charge in [0.15, 0.2) is 11.5 Å². The Labute approximate surface area is 230 Å². The number of aryl methyl sites for hydroxylation is 2. The molecule has 1 amide bonds. The number of ether oxygens (including phenoxy) is 2. The van der Waals surface area contributed by atoms with Crippen molar-refractivity contribution in [1.82, 2.24) is 19.4 Å². The van der Waals surface area contributed by atoms with Crippen molar-refractivity contribution in [3.05, 3.63) is 47.5 Å². The Kier molecular flexibility index (Phi) is 8.90. The second-order valence-electron chi connectivity index (χ2n) is 11.0. The lowest BCUT2D eigenvalue weighted by atomic mass is 9.96. The highest BCUT2D eigenvalue weighted by Gasteiger charge is 2.38. The molecule has 1 aliphatic rings. The Hall–Kier alpha value is -3.96. The Morgan fingerprint density at radius 3 is 2.30 bits per heavy atom. The first-order valence-electron chi connectivity index (χ1n) is 12.7. The number of benzene rings is 1. The molecule has 1 aliphatic heterocycles. The van der Waals surface area contributed by atoms with Crippen LogP contribution in [0.2, 0.25) is 0 Å². The molecule has 0 saturated carbocycles. The van der Waals surface area contributed by atoms with Crippen LogP contribution in [-0.2, 0) is 24.7 Å². The number of aromatic nitrogens is 3. The smallest absolute Gasteiger partial charge is 0.490 e. The summed E-state index contributed by atoms with van der Waals surface area (Å²) in [6.07, 6.45) is 0.457. The molecule has 0 fully saturated rings. The lowest BCUT2D eigenvalue weighted by Crippen LogP contribution is -2.33. The molecule has 2 aromatic heterocycles. The summed E-state index contributed by atoms with van der Waals surface area (Å²) in [6, 6.07) is 6.08. The minimum Gasteiger partial charge on any atom is -0.493 e. The fourth-order valence-corrected chi connectivity index (χ4v) is 4.14. The van der Waals surface area contributed by atoms with Gasteiger partial charge < -0.3 is 24.5 Å². The van der Waals surface area contributed by atoms with Crippen molar-refractivity contribution in [2.24, 2.45) is 12.5 Å². The van der Waals surface area contributed by atoms with Gasteiger partial charge in [0, 0.05) is 37.6 Å². The number of fused-ring (bicyclic) bond motifs is 3. The lowest BCUT2D eigenvalue weighted by Gasteiger charge is -2.24. The number of halogens is 3. The third-order valence-electron chi connectivity index (χ3n) is 5.90. The van der Waals surface area contributed by atoms with Crippen LogP contribution in [0, 0.1) is 5.41 Å². The molecule has 3 aromatic rings. The molecule has 218 valence electrons. The van der Waals surface area contributed by atoms with Gasteiger partial charge in [-0.05, 0) is 49.8 Å². The summed E-state index contributed by atoms with van der Waals surface area (Å²) in [7, 11) is 3.64. The molecule has 0 atom stereocenters. The highest BCUT2D eigenvalue weighted by molar-refractivity contribution is 5.95. The molecule has 1 aromatic carbocycles. The van der Waals surface area contributed by atoms with E-state index in [2.05, 4.69) is 30.7 Å². The van der Waals surface area contributed by atoms with Crippen molar-refractivity contribution >= 4 is 11.9 Å². The highest BCUT2D eigenvalue weighted by Crippen LogP contribution is 2.39. The largest absolute Gasteiger partial charge is 0.493 e. The van der Waals surface area contributed by atoms with Crippen LogP contribution in [0.1, 0.15) is 56.4 Å². The topological polar surface area (TPSA) is 108 Å². The van der Waals surface area contributed by atoms with E-state index in [1.165, 1.54) is 0 Å². The number of amides is 1. The molecule has 0 spiro atoms. The number of carbonyl (C=O) groups excluding carboxylic acids is 1. The second-order valence-corrected chi connectivity index (χ2v) is 11.0. The van der Waals surface area contributed by atoms with Gasteiger partial charge in [-0.15, -0.1) is 0 Å². The number of aliphatic carboxylic acids is 1. The standard InChI is InChI=1S/C26H34N4O3.C2HF3O2/c1-16(2)33-22-13-20-17(12-21(22)32-7)8-9-19-23(25(31)27-15-26(3,4)5)28-24(30(19)20)18-10-11-29(6)14-18;3-2(4,5)1(6)7/h10-14,16H,8-9,15H2,1-7H3,(H,27,31);(H,6,7). The first-order valence-corrected chi connectivity index (χ1v) is 12.7. The minimum atomic E-state index is -5.08. The average Bonchev–Trinajstić information content (AvgIpc) is 3.44. The summed E-state index contributed by atoms with van der Waals surface area (Å²) in [6.45, 7) is 10.9. The predicted octanol–water partition coefficient (Wildman–Crippen LogP) is 5.18. The number of nitrogens with zero attached hydrogens (tertiary/aromatic N) is 3. The SMILES string of the molecule is COc1cc2c(cc1OC(C)C)-n1c(-c3ccn(C)c3)nc(C(=O)NCC(C)(C)C)c1CC2.O=C(O)C(F)(F)F. The average molecular weight is 565 g/mol. The molecule has 0 radical (unpaired) electrons. The number of alkyl halides is 3. The van der Waals surface area contributed by atoms with Crippen LogP contribution in [-0.4, -0.2) is 57.0 Å². The van der Waals surface area contributed by atoms with E-state index < -0.39 is 12.1 Å². The summed E-state index contributed by atoms with van der Waals surface area (Å²) in [5.74, 6) is -0.729. The van der Waals surface area contributed by atoms with Gasteiger partial charge >= 0.3 is 12.1 Å². The van der Waals surface area contributed by atoms with E-state index >= 15 is 0 Å². The summed E-state index contributed by atoms with van der Waals surface area (Å²) in [4.78, 5) is 27.0. The molecule has 3 heterocycles. The normalized spacial score (nSPS) is 12.7. The number of methoxy groups -OCH3 is 1. The summed E-state index contributed by atoms with van der Waals surface area (Å²) in [5, 5.41) is 10.2. The maximum absolute atomic E-state index is 13.2. The van der Waals surface area contributed by atoms with Crippen LogP contribution >= 0.6 is 0 Å². The zero-order chi connectivity index (χ0) is 30.0. The fourth-order valence-electron chi connectivity index (χ4n) is 4.14. The number of hydrogen-bond donors (Lipinski definition) is 2. The highest BCUT2D eigenvalue weighted by atomic mass is 19.4. The van der Waals surface area contributed by atoms with Crippen molar-refractivity contribution in [1.29, 1.82) is 0 Å². The predicted molar refractivity (Wildman–Crippen MR) is 143 cm³/mol. The van der Waals surface area contributed by atoms with E-state index in [0.29, 0.717) is 18.0 Å². The van der Waals surface area contributed by atoms with E-state index in [0.717, 1.165) is 46.9 Å². The quantitative estimate of drug-likeness (QED) is 0.427. The Morgan fingerprint density at radius 2 is 1.80 bits per heavy atom. The number of nitrogens with one attached hydrogen (secondary N) is 1. The van der Waals surface area contributed by atoms with Crippen LogP contribution in [0.15, 0.2) is 30.6 Å². The summed E-state index contributed by atoms with van der Waals surface area (Å²) in [5.41, 5.74) is 4.49. The van der Waals surface area contributed by atoms with E-state index in [9.17, 15) is 18.0 Å². The lowest BCUT2D eigenvalue weighted by molar-refractivity contribution is -0.192. The first-order chi connectivity index (χ1) is 18.5. The third-order valence-corrected chi connectivity index (χ3v) is 5.90. The number of carboxylic acid groups (broad SMARTS) is 1. The van der Waals surface area contributed by atoms with Crippen molar-refractivity contribution < 1.29 is 37.3 Å². The molecule has 12 heteroatoms. The number of imidazole rings is 1. The molecule has 9 nitrogen and oxygen atoms in total. The van der Waals surface area contributed by atoms with Crippen LogP contribution in [0.5, 0.6) is 11.5 Å². The number of rotatable bonds is 6. The fraction of sp³-hybridized carbons (Fsp3) is 0.464. The number of carboxylic acids is 1.